The summed E-state index contributed by atoms with van der Waals surface area (Å²) in [5.41, 5.74) is 2.23. The minimum atomic E-state index is 0.0687. The highest BCUT2D eigenvalue weighted by atomic mass is 35.5. The van der Waals surface area contributed by atoms with Crippen molar-refractivity contribution in [2.24, 2.45) is 0 Å². The maximum atomic E-state index is 6.29. The molecule has 2 N–H and O–H groups in total. The van der Waals surface area contributed by atoms with Crippen LogP contribution >= 0.6 is 11.6 Å². The average Bonchev–Trinajstić information content (AvgIpc) is 3.24. The van der Waals surface area contributed by atoms with Crippen molar-refractivity contribution >= 4 is 40.2 Å². The maximum Gasteiger partial charge on any atom is 0.229 e. The van der Waals surface area contributed by atoms with Crippen molar-refractivity contribution in [3.8, 4) is 5.75 Å². The summed E-state index contributed by atoms with van der Waals surface area (Å²) in [5, 5.41) is 7.12. The molecule has 0 saturated heterocycles. The first-order valence-corrected chi connectivity index (χ1v) is 8.71. The van der Waals surface area contributed by atoms with Gasteiger partial charge in [0, 0.05) is 17.8 Å². The molecule has 0 atom stereocenters. The second kappa shape index (κ2) is 6.44. The van der Waals surface area contributed by atoms with Crippen molar-refractivity contribution in [1.82, 2.24) is 9.97 Å². The van der Waals surface area contributed by atoms with E-state index in [1.165, 1.54) is 0 Å². The van der Waals surface area contributed by atoms with E-state index in [2.05, 4.69) is 20.6 Å². The second-order valence-electron chi connectivity index (χ2n) is 6.39. The number of nitrogens with zero attached hydrogens (tertiary/aromatic N) is 2. The molecular weight excluding hydrogens is 340 g/mol. The monoisotopic (exact) mass is 358 g/mol. The Balaban J connectivity index is 1.60. The molecule has 7 heteroatoms. The van der Waals surface area contributed by atoms with Crippen LogP contribution < -0.4 is 15.4 Å². The number of rotatable bonds is 6. The number of anilines is 3. The number of hydrogen-bond donors (Lipinski definition) is 2. The SMILES string of the molecule is CC(C)Oc1ccc(Nc2nc(NC3CC3)c3occc3n2)cc1Cl. The van der Waals surface area contributed by atoms with Gasteiger partial charge in [-0.15, -0.1) is 0 Å². The molecule has 6 nitrogen and oxygen atoms in total. The van der Waals surface area contributed by atoms with Crippen LogP contribution in [0.15, 0.2) is 34.9 Å². The smallest absolute Gasteiger partial charge is 0.229 e. The first-order chi connectivity index (χ1) is 12.1. The number of benzene rings is 1. The third-order valence-electron chi connectivity index (χ3n) is 3.77. The molecule has 1 aromatic carbocycles. The number of nitrogens with one attached hydrogen (secondary N) is 2. The highest BCUT2D eigenvalue weighted by Gasteiger charge is 2.23. The Kier molecular flexibility index (Phi) is 4.13. The van der Waals surface area contributed by atoms with E-state index in [4.69, 9.17) is 20.8 Å². The van der Waals surface area contributed by atoms with Crippen LogP contribution in [0.3, 0.4) is 0 Å². The number of furan rings is 1. The fourth-order valence-electron chi connectivity index (χ4n) is 2.50. The van der Waals surface area contributed by atoms with Crippen LogP contribution in [0.25, 0.3) is 11.1 Å². The van der Waals surface area contributed by atoms with Gasteiger partial charge in [-0.2, -0.15) is 4.98 Å². The lowest BCUT2D eigenvalue weighted by atomic mass is 10.3. The van der Waals surface area contributed by atoms with E-state index in [-0.39, 0.29) is 6.10 Å². The molecule has 3 aromatic rings. The molecule has 130 valence electrons. The summed E-state index contributed by atoms with van der Waals surface area (Å²) in [6, 6.07) is 7.83. The predicted octanol–water partition coefficient (Wildman–Crippen LogP) is 4.98. The van der Waals surface area contributed by atoms with Gasteiger partial charge in [0.1, 0.15) is 11.3 Å². The van der Waals surface area contributed by atoms with Crippen molar-refractivity contribution in [3.05, 3.63) is 35.6 Å². The van der Waals surface area contributed by atoms with Crippen molar-refractivity contribution in [1.29, 1.82) is 0 Å². The Morgan fingerprint density at radius 3 is 2.80 bits per heavy atom. The lowest BCUT2D eigenvalue weighted by Gasteiger charge is -2.13. The molecule has 1 aliphatic carbocycles. The van der Waals surface area contributed by atoms with Gasteiger partial charge in [-0.3, -0.25) is 0 Å². The summed E-state index contributed by atoms with van der Waals surface area (Å²) in [4.78, 5) is 9.04. The summed E-state index contributed by atoms with van der Waals surface area (Å²) < 4.78 is 11.2. The molecule has 4 rings (SSSR count). The standard InChI is InChI=1S/C18H19ClN4O2/c1-10(2)25-15-6-5-12(9-13(15)19)21-18-22-14-7-8-24-16(14)17(23-18)20-11-3-4-11/h5-11H,3-4H2,1-2H3,(H2,20,21,22,23). The van der Waals surface area contributed by atoms with E-state index in [1.807, 2.05) is 32.0 Å². The van der Waals surface area contributed by atoms with Crippen molar-refractivity contribution in [2.45, 2.75) is 38.8 Å². The molecular formula is C18H19ClN4O2. The highest BCUT2D eigenvalue weighted by Crippen LogP contribution is 2.32. The number of fused-ring (bicyclic) bond motifs is 1. The third-order valence-corrected chi connectivity index (χ3v) is 4.07. The summed E-state index contributed by atoms with van der Waals surface area (Å²) >= 11 is 6.29. The topological polar surface area (TPSA) is 72.2 Å². The Bertz CT molecular complexity index is 905. The Labute approximate surface area is 150 Å². The summed E-state index contributed by atoms with van der Waals surface area (Å²) in [5.74, 6) is 1.86. The largest absolute Gasteiger partial charge is 0.489 e. The van der Waals surface area contributed by atoms with Gasteiger partial charge < -0.3 is 19.8 Å². The number of ether oxygens (including phenoxy) is 1. The lowest BCUT2D eigenvalue weighted by Crippen LogP contribution is -2.07. The fourth-order valence-corrected chi connectivity index (χ4v) is 2.72. The molecule has 1 fully saturated rings. The maximum absolute atomic E-state index is 6.29. The Morgan fingerprint density at radius 2 is 2.08 bits per heavy atom. The van der Waals surface area contributed by atoms with Crippen LogP contribution in [0.2, 0.25) is 5.02 Å². The van der Waals surface area contributed by atoms with E-state index in [9.17, 15) is 0 Å². The van der Waals surface area contributed by atoms with Gasteiger partial charge >= 0.3 is 0 Å². The molecule has 0 radical (unpaired) electrons. The first-order valence-electron chi connectivity index (χ1n) is 8.33. The van der Waals surface area contributed by atoms with Gasteiger partial charge in [-0.1, -0.05) is 11.6 Å². The number of halogens is 1. The quantitative estimate of drug-likeness (QED) is 0.647. The summed E-state index contributed by atoms with van der Waals surface area (Å²) in [6.07, 6.45) is 4.00. The van der Waals surface area contributed by atoms with Gasteiger partial charge in [0.25, 0.3) is 0 Å². The molecule has 0 unspecified atom stereocenters. The van der Waals surface area contributed by atoms with E-state index < -0.39 is 0 Å². The molecule has 0 spiro atoms. The average molecular weight is 359 g/mol. The molecule has 0 amide bonds. The van der Waals surface area contributed by atoms with Crippen molar-refractivity contribution < 1.29 is 9.15 Å². The van der Waals surface area contributed by atoms with Gasteiger partial charge in [0.2, 0.25) is 5.95 Å². The van der Waals surface area contributed by atoms with Crippen molar-refractivity contribution in [2.75, 3.05) is 10.6 Å². The van der Waals surface area contributed by atoms with Crippen LogP contribution in [-0.2, 0) is 0 Å². The zero-order valence-electron chi connectivity index (χ0n) is 14.0. The van der Waals surface area contributed by atoms with Crippen LogP contribution in [0, 0.1) is 0 Å². The zero-order chi connectivity index (χ0) is 17.4. The van der Waals surface area contributed by atoms with Crippen LogP contribution in [0.5, 0.6) is 5.75 Å². The van der Waals surface area contributed by atoms with Gasteiger partial charge in [0.15, 0.2) is 11.4 Å². The minimum Gasteiger partial charge on any atom is -0.489 e. The second-order valence-corrected chi connectivity index (χ2v) is 6.79. The normalized spacial score (nSPS) is 14.1. The third kappa shape index (κ3) is 3.64. The first kappa shape index (κ1) is 16.0. The van der Waals surface area contributed by atoms with Crippen LogP contribution in [-0.4, -0.2) is 22.1 Å². The van der Waals surface area contributed by atoms with E-state index in [0.29, 0.717) is 34.2 Å². The molecule has 2 heterocycles. The summed E-state index contributed by atoms with van der Waals surface area (Å²) in [6.45, 7) is 3.93. The molecule has 25 heavy (non-hydrogen) atoms. The fraction of sp³-hybridized carbons (Fsp3) is 0.333. The van der Waals surface area contributed by atoms with E-state index in [0.717, 1.165) is 24.0 Å². The van der Waals surface area contributed by atoms with Crippen LogP contribution in [0.1, 0.15) is 26.7 Å². The van der Waals surface area contributed by atoms with Gasteiger partial charge in [-0.25, -0.2) is 4.98 Å². The minimum absolute atomic E-state index is 0.0687. The zero-order valence-corrected chi connectivity index (χ0v) is 14.8. The van der Waals surface area contributed by atoms with Gasteiger partial charge in [-0.05, 0) is 44.9 Å². The predicted molar refractivity (Wildman–Crippen MR) is 98.9 cm³/mol. The number of aromatic nitrogens is 2. The van der Waals surface area contributed by atoms with Crippen molar-refractivity contribution in [3.63, 3.8) is 0 Å². The van der Waals surface area contributed by atoms with E-state index >= 15 is 0 Å². The summed E-state index contributed by atoms with van der Waals surface area (Å²) in [7, 11) is 0. The Hall–Kier alpha value is -2.47. The van der Waals surface area contributed by atoms with E-state index in [1.54, 1.807) is 12.3 Å². The molecule has 0 bridgehead atoms. The molecule has 1 aliphatic rings. The molecule has 2 aromatic heterocycles. The Morgan fingerprint density at radius 1 is 1.24 bits per heavy atom. The van der Waals surface area contributed by atoms with Gasteiger partial charge in [0.05, 0.1) is 17.4 Å². The van der Waals surface area contributed by atoms with Crippen LogP contribution in [0.4, 0.5) is 17.5 Å². The lowest BCUT2D eigenvalue weighted by molar-refractivity contribution is 0.242. The number of hydrogen-bond acceptors (Lipinski definition) is 6. The molecule has 0 aliphatic heterocycles. The molecule has 1 saturated carbocycles. The highest BCUT2D eigenvalue weighted by molar-refractivity contribution is 6.32.